The average molecular weight is 322 g/mol. The van der Waals surface area contributed by atoms with Crippen molar-refractivity contribution in [3.63, 3.8) is 0 Å². The Morgan fingerprint density at radius 3 is 2.45 bits per heavy atom. The third-order valence-corrected chi connectivity index (χ3v) is 5.40. The largest absolute Gasteiger partial charge is 0.298 e. The van der Waals surface area contributed by atoms with E-state index in [0.717, 1.165) is 23.0 Å². The van der Waals surface area contributed by atoms with Crippen LogP contribution >= 0.6 is 11.6 Å². The number of piperidine rings is 1. The maximum Gasteiger partial charge on any atom is 0.0406 e. The van der Waals surface area contributed by atoms with Crippen LogP contribution in [0.5, 0.6) is 0 Å². The number of likely N-dealkylation sites (tertiary alicyclic amines) is 1. The van der Waals surface area contributed by atoms with Crippen LogP contribution in [0.2, 0.25) is 5.02 Å². The molecular formula is C20H32ClN. The molecule has 0 saturated carbocycles. The number of rotatable bonds is 7. The summed E-state index contributed by atoms with van der Waals surface area (Å²) in [6, 6.07) is 9.98. The van der Waals surface area contributed by atoms with Crippen LogP contribution in [0.15, 0.2) is 24.3 Å². The fourth-order valence-corrected chi connectivity index (χ4v) is 4.20. The summed E-state index contributed by atoms with van der Waals surface area (Å²) >= 11 is 6.00. The number of benzene rings is 1. The second kappa shape index (κ2) is 8.93. The second-order valence-electron chi connectivity index (χ2n) is 7.05. The van der Waals surface area contributed by atoms with Gasteiger partial charge in [-0.25, -0.2) is 0 Å². The van der Waals surface area contributed by atoms with Gasteiger partial charge in [-0.2, -0.15) is 0 Å². The molecule has 124 valence electrons. The molecule has 22 heavy (non-hydrogen) atoms. The Morgan fingerprint density at radius 1 is 1.09 bits per heavy atom. The van der Waals surface area contributed by atoms with Gasteiger partial charge in [0.1, 0.15) is 0 Å². The van der Waals surface area contributed by atoms with E-state index in [1.165, 1.54) is 57.1 Å². The van der Waals surface area contributed by atoms with Gasteiger partial charge < -0.3 is 0 Å². The molecule has 1 aromatic rings. The molecule has 1 heterocycles. The smallest absolute Gasteiger partial charge is 0.0406 e. The zero-order valence-electron chi connectivity index (χ0n) is 14.5. The Kier molecular flexibility index (Phi) is 7.24. The molecule has 0 N–H and O–H groups in total. The Hall–Kier alpha value is -0.530. The lowest BCUT2D eigenvalue weighted by atomic mass is 9.81. The molecule has 0 radical (unpaired) electrons. The predicted molar refractivity (Wildman–Crippen MR) is 97.7 cm³/mol. The van der Waals surface area contributed by atoms with E-state index < -0.39 is 0 Å². The lowest BCUT2D eigenvalue weighted by molar-refractivity contribution is 0.0540. The Balaban J connectivity index is 1.98. The van der Waals surface area contributed by atoms with Gasteiger partial charge in [-0.1, -0.05) is 50.4 Å². The van der Waals surface area contributed by atoms with E-state index in [-0.39, 0.29) is 0 Å². The minimum absolute atomic E-state index is 0.731. The summed E-state index contributed by atoms with van der Waals surface area (Å²) < 4.78 is 0. The summed E-state index contributed by atoms with van der Waals surface area (Å²) in [6.07, 6.45) is 9.21. The summed E-state index contributed by atoms with van der Waals surface area (Å²) in [5.41, 5.74) is 1.44. The minimum atomic E-state index is 0.731. The first-order valence-corrected chi connectivity index (χ1v) is 9.52. The number of nitrogens with zero attached hydrogens (tertiary/aromatic N) is 1. The van der Waals surface area contributed by atoms with Crippen LogP contribution in [0, 0.1) is 5.92 Å². The Labute approximate surface area is 142 Å². The molecule has 3 unspecified atom stereocenters. The van der Waals surface area contributed by atoms with Crippen molar-refractivity contribution < 1.29 is 0 Å². The molecule has 0 aromatic heterocycles. The van der Waals surface area contributed by atoms with Gasteiger partial charge in [0.2, 0.25) is 0 Å². The van der Waals surface area contributed by atoms with E-state index in [1.807, 2.05) is 12.1 Å². The standard InChI is InChI=1S/C20H32ClN/c1-4-6-12-22-16(3)13-18(15-20(22)7-5-2)14-17-8-10-19(21)11-9-17/h8-11,16,18,20H,4-7,12-15H2,1-3H3. The van der Waals surface area contributed by atoms with Crippen molar-refractivity contribution in [1.82, 2.24) is 4.90 Å². The third kappa shape index (κ3) is 4.99. The summed E-state index contributed by atoms with van der Waals surface area (Å²) in [4.78, 5) is 2.80. The Morgan fingerprint density at radius 2 is 1.82 bits per heavy atom. The van der Waals surface area contributed by atoms with E-state index in [9.17, 15) is 0 Å². The zero-order valence-corrected chi connectivity index (χ0v) is 15.3. The van der Waals surface area contributed by atoms with E-state index in [1.54, 1.807) is 0 Å². The van der Waals surface area contributed by atoms with Gasteiger partial charge in [-0.05, 0) is 69.2 Å². The van der Waals surface area contributed by atoms with Crippen molar-refractivity contribution in [2.75, 3.05) is 6.54 Å². The van der Waals surface area contributed by atoms with Crippen LogP contribution in [0.3, 0.4) is 0 Å². The van der Waals surface area contributed by atoms with Gasteiger partial charge in [0.25, 0.3) is 0 Å². The van der Waals surface area contributed by atoms with E-state index in [0.29, 0.717) is 0 Å². The molecule has 1 nitrogen and oxygen atoms in total. The molecule has 1 aromatic carbocycles. The molecule has 0 bridgehead atoms. The average Bonchev–Trinajstić information content (AvgIpc) is 2.49. The summed E-state index contributed by atoms with van der Waals surface area (Å²) in [5.74, 6) is 0.825. The minimum Gasteiger partial charge on any atom is -0.298 e. The van der Waals surface area contributed by atoms with Crippen LogP contribution in [0.25, 0.3) is 0 Å². The number of halogens is 1. The van der Waals surface area contributed by atoms with Crippen molar-refractivity contribution in [3.8, 4) is 0 Å². The molecule has 3 atom stereocenters. The molecule has 1 fully saturated rings. The van der Waals surface area contributed by atoms with E-state index >= 15 is 0 Å². The van der Waals surface area contributed by atoms with Gasteiger partial charge in [0.15, 0.2) is 0 Å². The fourth-order valence-electron chi connectivity index (χ4n) is 4.08. The predicted octanol–water partition coefficient (Wildman–Crippen LogP) is 5.95. The number of hydrogen-bond donors (Lipinski definition) is 0. The van der Waals surface area contributed by atoms with Crippen molar-refractivity contribution in [2.24, 2.45) is 5.92 Å². The quantitative estimate of drug-likeness (QED) is 0.599. The molecule has 0 spiro atoms. The van der Waals surface area contributed by atoms with Gasteiger partial charge >= 0.3 is 0 Å². The maximum atomic E-state index is 6.00. The normalized spacial score (nSPS) is 26.3. The van der Waals surface area contributed by atoms with Crippen molar-refractivity contribution in [3.05, 3.63) is 34.9 Å². The highest BCUT2D eigenvalue weighted by Crippen LogP contribution is 2.32. The van der Waals surface area contributed by atoms with Crippen molar-refractivity contribution in [1.29, 1.82) is 0 Å². The molecule has 1 saturated heterocycles. The van der Waals surface area contributed by atoms with Crippen LogP contribution in [0.4, 0.5) is 0 Å². The lowest BCUT2D eigenvalue weighted by Gasteiger charge is -2.44. The lowest BCUT2D eigenvalue weighted by Crippen LogP contribution is -2.48. The summed E-state index contributed by atoms with van der Waals surface area (Å²) in [6.45, 7) is 8.35. The molecule has 1 aliphatic heterocycles. The molecule has 0 aliphatic carbocycles. The van der Waals surface area contributed by atoms with Crippen LogP contribution < -0.4 is 0 Å². The van der Waals surface area contributed by atoms with Gasteiger partial charge in [-0.3, -0.25) is 4.90 Å². The fraction of sp³-hybridized carbons (Fsp3) is 0.700. The monoisotopic (exact) mass is 321 g/mol. The van der Waals surface area contributed by atoms with Crippen molar-refractivity contribution >= 4 is 11.6 Å². The first-order chi connectivity index (χ1) is 10.6. The van der Waals surface area contributed by atoms with Crippen LogP contribution in [-0.2, 0) is 6.42 Å². The first-order valence-electron chi connectivity index (χ1n) is 9.14. The van der Waals surface area contributed by atoms with Crippen molar-refractivity contribution in [2.45, 2.75) is 77.8 Å². The molecule has 0 amide bonds. The highest BCUT2D eigenvalue weighted by Gasteiger charge is 2.32. The molecular weight excluding hydrogens is 290 g/mol. The van der Waals surface area contributed by atoms with Gasteiger partial charge in [0.05, 0.1) is 0 Å². The number of hydrogen-bond acceptors (Lipinski definition) is 1. The topological polar surface area (TPSA) is 3.24 Å². The highest BCUT2D eigenvalue weighted by atomic mass is 35.5. The maximum absolute atomic E-state index is 6.00. The zero-order chi connectivity index (χ0) is 15.9. The van der Waals surface area contributed by atoms with Gasteiger partial charge in [0, 0.05) is 17.1 Å². The third-order valence-electron chi connectivity index (χ3n) is 5.14. The first kappa shape index (κ1) is 17.8. The van der Waals surface area contributed by atoms with E-state index in [2.05, 4.69) is 37.8 Å². The van der Waals surface area contributed by atoms with Crippen LogP contribution in [-0.4, -0.2) is 23.5 Å². The van der Waals surface area contributed by atoms with Crippen LogP contribution in [0.1, 0.15) is 64.9 Å². The Bertz CT molecular complexity index is 428. The second-order valence-corrected chi connectivity index (χ2v) is 7.49. The van der Waals surface area contributed by atoms with Gasteiger partial charge in [-0.15, -0.1) is 0 Å². The summed E-state index contributed by atoms with van der Waals surface area (Å²) in [5, 5.41) is 0.843. The number of unbranched alkanes of at least 4 members (excludes halogenated alkanes) is 1. The highest BCUT2D eigenvalue weighted by molar-refractivity contribution is 6.30. The molecule has 2 heteroatoms. The summed E-state index contributed by atoms with van der Waals surface area (Å²) in [7, 11) is 0. The SMILES string of the molecule is CCCCN1C(C)CC(Cc2ccc(Cl)cc2)CC1CCC. The molecule has 1 aliphatic rings. The molecule has 2 rings (SSSR count). The van der Waals surface area contributed by atoms with E-state index in [4.69, 9.17) is 11.6 Å².